The quantitative estimate of drug-likeness (QED) is 0.786. The third-order valence-corrected chi connectivity index (χ3v) is 3.84. The predicted molar refractivity (Wildman–Crippen MR) is 77.3 cm³/mol. The molecule has 0 radical (unpaired) electrons. The first-order valence-corrected chi connectivity index (χ1v) is 7.07. The van der Waals surface area contributed by atoms with E-state index in [1.807, 2.05) is 5.38 Å². The van der Waals surface area contributed by atoms with Crippen LogP contribution in [0.1, 0.15) is 21.1 Å². The summed E-state index contributed by atoms with van der Waals surface area (Å²) >= 11 is 1.45. The fraction of sp³-hybridized carbons (Fsp3) is 0.231. The molecule has 108 valence electrons. The molecule has 0 aromatic carbocycles. The number of fused-ring (bicyclic) bond motifs is 1. The van der Waals surface area contributed by atoms with Crippen LogP contribution >= 0.6 is 11.3 Å². The minimum absolute atomic E-state index is 0.176. The topological polar surface area (TPSA) is 90.0 Å². The van der Waals surface area contributed by atoms with E-state index in [2.05, 4.69) is 15.3 Å². The van der Waals surface area contributed by atoms with Gasteiger partial charge in [0, 0.05) is 18.6 Å². The highest BCUT2D eigenvalue weighted by molar-refractivity contribution is 7.09. The summed E-state index contributed by atoms with van der Waals surface area (Å²) in [4.78, 5) is 32.6. The van der Waals surface area contributed by atoms with Gasteiger partial charge >= 0.3 is 0 Å². The molecule has 0 fully saturated rings. The van der Waals surface area contributed by atoms with E-state index in [9.17, 15) is 9.59 Å². The number of carbonyl (C=O) groups excluding carboxylic acids is 1. The Morgan fingerprint density at radius 3 is 3.00 bits per heavy atom. The Morgan fingerprint density at radius 1 is 1.48 bits per heavy atom. The lowest BCUT2D eigenvalue weighted by molar-refractivity contribution is 0.0950. The third kappa shape index (κ3) is 2.33. The van der Waals surface area contributed by atoms with Crippen LogP contribution in [0.2, 0.25) is 0 Å². The number of hydrogen-bond acceptors (Lipinski definition) is 6. The molecule has 0 spiro atoms. The number of thiazole rings is 1. The van der Waals surface area contributed by atoms with Gasteiger partial charge in [0.25, 0.3) is 11.5 Å². The molecular formula is C13H12N4O3S. The van der Waals surface area contributed by atoms with Crippen molar-refractivity contribution in [3.05, 3.63) is 44.6 Å². The normalized spacial score (nSPS) is 11.0. The van der Waals surface area contributed by atoms with E-state index in [-0.39, 0.29) is 28.1 Å². The van der Waals surface area contributed by atoms with Crippen molar-refractivity contribution < 1.29 is 9.21 Å². The number of carbonyl (C=O) groups is 1. The predicted octanol–water partition coefficient (Wildman–Crippen LogP) is 1.22. The second-order valence-electron chi connectivity index (χ2n) is 4.48. The number of amides is 1. The van der Waals surface area contributed by atoms with Gasteiger partial charge in [-0.2, -0.15) is 0 Å². The van der Waals surface area contributed by atoms with Crippen LogP contribution in [-0.4, -0.2) is 20.4 Å². The SMILES string of the molecule is Cc1oc2ncn(C)c(=O)c2c1C(=O)NCc1nccs1. The molecule has 3 heterocycles. The van der Waals surface area contributed by atoms with E-state index in [0.717, 1.165) is 5.01 Å². The summed E-state index contributed by atoms with van der Waals surface area (Å²) < 4.78 is 6.71. The van der Waals surface area contributed by atoms with Crippen LogP contribution in [0.4, 0.5) is 0 Å². The van der Waals surface area contributed by atoms with Crippen molar-refractivity contribution in [3.63, 3.8) is 0 Å². The number of furan rings is 1. The molecule has 0 aliphatic heterocycles. The molecule has 0 aliphatic rings. The van der Waals surface area contributed by atoms with Gasteiger partial charge in [0.2, 0.25) is 5.71 Å². The van der Waals surface area contributed by atoms with Crippen molar-refractivity contribution in [1.29, 1.82) is 0 Å². The highest BCUT2D eigenvalue weighted by Gasteiger charge is 2.22. The molecule has 0 unspecified atom stereocenters. The monoisotopic (exact) mass is 304 g/mol. The molecule has 0 aliphatic carbocycles. The Labute approximate surface area is 123 Å². The second kappa shape index (κ2) is 5.13. The zero-order valence-corrected chi connectivity index (χ0v) is 12.2. The molecule has 1 amide bonds. The van der Waals surface area contributed by atoms with Gasteiger partial charge in [0.05, 0.1) is 12.1 Å². The highest BCUT2D eigenvalue weighted by atomic mass is 32.1. The molecule has 3 aromatic heterocycles. The first-order valence-electron chi connectivity index (χ1n) is 6.19. The first-order chi connectivity index (χ1) is 10.1. The van der Waals surface area contributed by atoms with Crippen LogP contribution in [0, 0.1) is 6.92 Å². The van der Waals surface area contributed by atoms with Gasteiger partial charge < -0.3 is 14.3 Å². The van der Waals surface area contributed by atoms with Crippen molar-refractivity contribution in [2.24, 2.45) is 7.05 Å². The number of rotatable bonds is 3. The molecule has 0 atom stereocenters. The van der Waals surface area contributed by atoms with Crippen LogP contribution < -0.4 is 10.9 Å². The van der Waals surface area contributed by atoms with Crippen molar-refractivity contribution >= 4 is 28.3 Å². The summed E-state index contributed by atoms with van der Waals surface area (Å²) in [5, 5.41) is 5.57. The number of nitrogens with one attached hydrogen (secondary N) is 1. The summed E-state index contributed by atoms with van der Waals surface area (Å²) in [6.45, 7) is 1.95. The zero-order chi connectivity index (χ0) is 15.0. The van der Waals surface area contributed by atoms with Crippen LogP contribution in [-0.2, 0) is 13.6 Å². The standard InChI is InChI=1S/C13H12N4O3S/c1-7-9(11(18)15-5-8-14-3-4-21-8)10-12(20-7)16-6-17(2)13(10)19/h3-4,6H,5H2,1-2H3,(H,15,18). The molecule has 3 rings (SSSR count). The van der Waals surface area contributed by atoms with Crippen molar-refractivity contribution in [3.8, 4) is 0 Å². The fourth-order valence-corrected chi connectivity index (χ4v) is 2.60. The summed E-state index contributed by atoms with van der Waals surface area (Å²) in [5.41, 5.74) is 0.0986. The maximum absolute atomic E-state index is 12.3. The summed E-state index contributed by atoms with van der Waals surface area (Å²) in [5.74, 6) is 0.00369. The van der Waals surface area contributed by atoms with E-state index in [1.54, 1.807) is 20.2 Å². The second-order valence-corrected chi connectivity index (χ2v) is 5.46. The lowest BCUT2D eigenvalue weighted by atomic mass is 10.2. The van der Waals surface area contributed by atoms with E-state index >= 15 is 0 Å². The van der Waals surface area contributed by atoms with Crippen molar-refractivity contribution in [2.75, 3.05) is 0 Å². The molecule has 1 N–H and O–H groups in total. The van der Waals surface area contributed by atoms with E-state index in [1.165, 1.54) is 22.2 Å². The molecule has 0 saturated carbocycles. The number of aryl methyl sites for hydroxylation is 2. The van der Waals surface area contributed by atoms with E-state index in [0.29, 0.717) is 12.3 Å². The lowest BCUT2D eigenvalue weighted by Gasteiger charge is -2.02. The summed E-state index contributed by atoms with van der Waals surface area (Å²) in [6, 6.07) is 0. The van der Waals surface area contributed by atoms with Gasteiger partial charge in [-0.15, -0.1) is 11.3 Å². The number of aromatic nitrogens is 3. The average molecular weight is 304 g/mol. The van der Waals surface area contributed by atoms with Crippen LogP contribution in [0.25, 0.3) is 11.1 Å². The summed E-state index contributed by atoms with van der Waals surface area (Å²) in [6.07, 6.45) is 3.04. The molecule has 3 aromatic rings. The van der Waals surface area contributed by atoms with E-state index < -0.39 is 0 Å². The molecule has 8 heteroatoms. The Bertz CT molecular complexity index is 864. The maximum atomic E-state index is 12.3. The number of hydrogen-bond donors (Lipinski definition) is 1. The van der Waals surface area contributed by atoms with Crippen LogP contribution in [0.3, 0.4) is 0 Å². The minimum Gasteiger partial charge on any atom is -0.442 e. The van der Waals surface area contributed by atoms with Gasteiger partial charge in [-0.05, 0) is 6.92 Å². The average Bonchev–Trinajstić information content (AvgIpc) is 3.07. The van der Waals surface area contributed by atoms with Crippen molar-refractivity contribution in [1.82, 2.24) is 19.9 Å². The van der Waals surface area contributed by atoms with Gasteiger partial charge in [0.15, 0.2) is 0 Å². The zero-order valence-electron chi connectivity index (χ0n) is 11.4. The Balaban J connectivity index is 1.99. The Hall–Kier alpha value is -2.48. The lowest BCUT2D eigenvalue weighted by Crippen LogP contribution is -2.25. The highest BCUT2D eigenvalue weighted by Crippen LogP contribution is 2.20. The van der Waals surface area contributed by atoms with Crippen LogP contribution in [0.15, 0.2) is 27.1 Å². The molecule has 0 bridgehead atoms. The largest absolute Gasteiger partial charge is 0.442 e. The maximum Gasteiger partial charge on any atom is 0.265 e. The Kier molecular flexibility index (Phi) is 3.30. The fourth-order valence-electron chi connectivity index (χ4n) is 2.05. The van der Waals surface area contributed by atoms with Gasteiger partial charge in [-0.3, -0.25) is 9.59 Å². The van der Waals surface area contributed by atoms with Gasteiger partial charge in [-0.25, -0.2) is 9.97 Å². The molecular weight excluding hydrogens is 292 g/mol. The molecule has 21 heavy (non-hydrogen) atoms. The summed E-state index contributed by atoms with van der Waals surface area (Å²) in [7, 11) is 1.58. The molecule has 0 saturated heterocycles. The first kappa shape index (κ1) is 13.5. The van der Waals surface area contributed by atoms with Crippen LogP contribution in [0.5, 0.6) is 0 Å². The van der Waals surface area contributed by atoms with Crippen molar-refractivity contribution in [2.45, 2.75) is 13.5 Å². The van der Waals surface area contributed by atoms with Gasteiger partial charge in [0.1, 0.15) is 22.5 Å². The molecule has 7 nitrogen and oxygen atoms in total. The van der Waals surface area contributed by atoms with E-state index in [4.69, 9.17) is 4.42 Å². The third-order valence-electron chi connectivity index (χ3n) is 3.06. The number of nitrogens with zero attached hydrogens (tertiary/aromatic N) is 3. The smallest absolute Gasteiger partial charge is 0.265 e. The van der Waals surface area contributed by atoms with Gasteiger partial charge in [-0.1, -0.05) is 0 Å². The minimum atomic E-state index is -0.369. The Morgan fingerprint density at radius 2 is 2.29 bits per heavy atom.